The third kappa shape index (κ3) is 2.67. The Kier molecular flexibility index (Phi) is 3.41. The van der Waals surface area contributed by atoms with Crippen LogP contribution in [0.15, 0.2) is 39.6 Å². The van der Waals surface area contributed by atoms with Gasteiger partial charge in [0, 0.05) is 38.5 Å². The number of hydrogen-bond acceptors (Lipinski definition) is 4. The van der Waals surface area contributed by atoms with Crippen molar-refractivity contribution in [2.24, 2.45) is 7.05 Å². The fourth-order valence-electron chi connectivity index (χ4n) is 1.78. The molecule has 0 bridgehead atoms. The van der Waals surface area contributed by atoms with Gasteiger partial charge in [-0.3, -0.25) is 4.57 Å². The summed E-state index contributed by atoms with van der Waals surface area (Å²) >= 11 is 0. The van der Waals surface area contributed by atoms with Gasteiger partial charge in [0.15, 0.2) is 5.58 Å². The number of oxazole rings is 1. The second-order valence-corrected chi connectivity index (χ2v) is 4.20. The average molecular weight is 262 g/mol. The van der Waals surface area contributed by atoms with Crippen molar-refractivity contribution in [2.75, 3.05) is 18.5 Å². The van der Waals surface area contributed by atoms with Crippen LogP contribution in [0.25, 0.3) is 11.1 Å². The minimum absolute atomic E-state index is 0.402. The summed E-state index contributed by atoms with van der Waals surface area (Å²) in [6.45, 7) is 0.453. The SMILES string of the molecule is CN(C/C=C/C(=O)O)c1ccc2c(c1)oc(=O)n2C. The molecule has 0 aliphatic heterocycles. The van der Waals surface area contributed by atoms with Gasteiger partial charge in [-0.05, 0) is 12.1 Å². The fraction of sp³-hybridized carbons (Fsp3) is 0.231. The van der Waals surface area contributed by atoms with Crippen molar-refractivity contribution in [1.29, 1.82) is 0 Å². The maximum atomic E-state index is 11.4. The molecule has 0 saturated heterocycles. The maximum Gasteiger partial charge on any atom is 0.419 e. The van der Waals surface area contributed by atoms with E-state index in [2.05, 4.69) is 0 Å². The van der Waals surface area contributed by atoms with Crippen LogP contribution in [0.3, 0.4) is 0 Å². The summed E-state index contributed by atoms with van der Waals surface area (Å²) in [5.41, 5.74) is 2.08. The Morgan fingerprint density at radius 3 is 2.95 bits per heavy atom. The van der Waals surface area contributed by atoms with Gasteiger partial charge < -0.3 is 14.4 Å². The van der Waals surface area contributed by atoms with E-state index in [4.69, 9.17) is 9.52 Å². The van der Waals surface area contributed by atoms with E-state index in [1.165, 1.54) is 4.57 Å². The first-order chi connectivity index (χ1) is 8.99. The number of nitrogens with zero attached hydrogens (tertiary/aromatic N) is 2. The minimum Gasteiger partial charge on any atom is -0.478 e. The number of aliphatic carboxylic acids is 1. The highest BCUT2D eigenvalue weighted by Crippen LogP contribution is 2.20. The predicted octanol–water partition coefficient (Wildman–Crippen LogP) is 1.21. The van der Waals surface area contributed by atoms with E-state index in [9.17, 15) is 9.59 Å². The van der Waals surface area contributed by atoms with Gasteiger partial charge in [-0.2, -0.15) is 0 Å². The molecule has 2 rings (SSSR count). The molecule has 0 saturated carbocycles. The molecule has 100 valence electrons. The van der Waals surface area contributed by atoms with E-state index in [0.29, 0.717) is 12.1 Å². The number of carbonyl (C=O) groups is 1. The first kappa shape index (κ1) is 12.9. The minimum atomic E-state index is -0.974. The average Bonchev–Trinajstić information content (AvgIpc) is 2.64. The Hall–Kier alpha value is -2.50. The van der Waals surface area contributed by atoms with Gasteiger partial charge in [-0.25, -0.2) is 9.59 Å². The van der Waals surface area contributed by atoms with Gasteiger partial charge in [0.1, 0.15) is 0 Å². The number of carboxylic acids is 1. The number of aromatic nitrogens is 1. The third-order valence-electron chi connectivity index (χ3n) is 2.86. The van der Waals surface area contributed by atoms with Crippen molar-refractivity contribution in [3.63, 3.8) is 0 Å². The van der Waals surface area contributed by atoms with Crippen LogP contribution in [0.2, 0.25) is 0 Å². The van der Waals surface area contributed by atoms with E-state index in [1.54, 1.807) is 25.3 Å². The Labute approximate surface area is 109 Å². The second-order valence-electron chi connectivity index (χ2n) is 4.20. The topological polar surface area (TPSA) is 75.7 Å². The first-order valence-electron chi connectivity index (χ1n) is 5.69. The van der Waals surface area contributed by atoms with E-state index < -0.39 is 11.7 Å². The number of anilines is 1. The van der Waals surface area contributed by atoms with Crippen LogP contribution in [-0.2, 0) is 11.8 Å². The molecule has 0 unspecified atom stereocenters. The van der Waals surface area contributed by atoms with Gasteiger partial charge in [-0.15, -0.1) is 0 Å². The number of carboxylic acid groups (broad SMARTS) is 1. The number of benzene rings is 1. The standard InChI is InChI=1S/C13H14N2O4/c1-14(7-3-4-12(16)17)9-5-6-10-11(8-9)19-13(18)15(10)2/h3-6,8H,7H2,1-2H3,(H,16,17)/b4-3+. The van der Waals surface area contributed by atoms with Crippen molar-refractivity contribution in [2.45, 2.75) is 0 Å². The Balaban J connectivity index is 2.25. The van der Waals surface area contributed by atoms with E-state index in [-0.39, 0.29) is 0 Å². The molecule has 1 aromatic heterocycles. The zero-order chi connectivity index (χ0) is 14.0. The smallest absolute Gasteiger partial charge is 0.419 e. The summed E-state index contributed by atoms with van der Waals surface area (Å²) < 4.78 is 6.53. The molecule has 1 aromatic carbocycles. The number of fused-ring (bicyclic) bond motifs is 1. The molecule has 1 N–H and O–H groups in total. The molecule has 0 aliphatic rings. The molecule has 6 nitrogen and oxygen atoms in total. The zero-order valence-electron chi connectivity index (χ0n) is 10.7. The Bertz CT molecular complexity index is 696. The molecule has 2 aromatic rings. The molecular weight excluding hydrogens is 248 g/mol. The van der Waals surface area contributed by atoms with Crippen molar-refractivity contribution >= 4 is 22.8 Å². The van der Waals surface area contributed by atoms with E-state index >= 15 is 0 Å². The zero-order valence-corrected chi connectivity index (χ0v) is 10.7. The van der Waals surface area contributed by atoms with Crippen molar-refractivity contribution in [3.8, 4) is 0 Å². The molecule has 0 amide bonds. The van der Waals surface area contributed by atoms with Crippen LogP contribution >= 0.6 is 0 Å². The highest BCUT2D eigenvalue weighted by atomic mass is 16.4. The van der Waals surface area contributed by atoms with Gasteiger partial charge >= 0.3 is 11.7 Å². The molecule has 0 radical (unpaired) electrons. The fourth-order valence-corrected chi connectivity index (χ4v) is 1.78. The first-order valence-corrected chi connectivity index (χ1v) is 5.69. The number of likely N-dealkylation sites (N-methyl/N-ethyl adjacent to an activating group) is 1. The summed E-state index contributed by atoms with van der Waals surface area (Å²) in [7, 11) is 3.47. The van der Waals surface area contributed by atoms with Crippen LogP contribution in [0.1, 0.15) is 0 Å². The van der Waals surface area contributed by atoms with Crippen LogP contribution in [0, 0.1) is 0 Å². The molecule has 6 heteroatoms. The van der Waals surface area contributed by atoms with Crippen LogP contribution < -0.4 is 10.7 Å². The summed E-state index contributed by atoms with van der Waals surface area (Å²) in [5, 5.41) is 8.51. The lowest BCUT2D eigenvalue weighted by Crippen LogP contribution is -2.16. The van der Waals surface area contributed by atoms with Crippen LogP contribution in [0.4, 0.5) is 5.69 Å². The van der Waals surface area contributed by atoms with Crippen LogP contribution in [0.5, 0.6) is 0 Å². The van der Waals surface area contributed by atoms with Crippen molar-refractivity contribution < 1.29 is 14.3 Å². The highest BCUT2D eigenvalue weighted by molar-refractivity contribution is 5.80. The van der Waals surface area contributed by atoms with E-state index in [1.807, 2.05) is 18.0 Å². The summed E-state index contributed by atoms with van der Waals surface area (Å²) in [6.07, 6.45) is 2.64. The quantitative estimate of drug-likeness (QED) is 0.838. The molecule has 1 heterocycles. The summed E-state index contributed by atoms with van der Waals surface area (Å²) in [4.78, 5) is 23.6. The lowest BCUT2D eigenvalue weighted by molar-refractivity contribution is -0.131. The van der Waals surface area contributed by atoms with Gasteiger partial charge in [-0.1, -0.05) is 6.08 Å². The summed E-state index contributed by atoms with van der Waals surface area (Å²) in [6, 6.07) is 5.41. The van der Waals surface area contributed by atoms with Crippen molar-refractivity contribution in [1.82, 2.24) is 4.57 Å². The lowest BCUT2D eigenvalue weighted by Gasteiger charge is -2.16. The number of hydrogen-bond donors (Lipinski definition) is 1. The normalized spacial score (nSPS) is 11.3. The predicted molar refractivity (Wildman–Crippen MR) is 71.5 cm³/mol. The third-order valence-corrected chi connectivity index (χ3v) is 2.86. The molecule has 0 atom stereocenters. The van der Waals surface area contributed by atoms with Gasteiger partial charge in [0.25, 0.3) is 0 Å². The monoisotopic (exact) mass is 262 g/mol. The van der Waals surface area contributed by atoms with Crippen LogP contribution in [-0.4, -0.2) is 29.2 Å². The van der Waals surface area contributed by atoms with Crippen molar-refractivity contribution in [3.05, 3.63) is 40.9 Å². The molecule has 0 aliphatic carbocycles. The molecule has 19 heavy (non-hydrogen) atoms. The number of rotatable bonds is 4. The van der Waals surface area contributed by atoms with Gasteiger partial charge in [0.05, 0.1) is 5.52 Å². The van der Waals surface area contributed by atoms with Gasteiger partial charge in [0.2, 0.25) is 0 Å². The molecular formula is C13H14N2O4. The van der Waals surface area contributed by atoms with E-state index in [0.717, 1.165) is 17.3 Å². The Morgan fingerprint density at radius 2 is 2.26 bits per heavy atom. The largest absolute Gasteiger partial charge is 0.478 e. The Morgan fingerprint density at radius 1 is 1.53 bits per heavy atom. The lowest BCUT2D eigenvalue weighted by atomic mass is 10.2. The second kappa shape index (κ2) is 5.01. The number of aryl methyl sites for hydroxylation is 1. The molecule has 0 spiro atoms. The molecule has 0 fully saturated rings. The summed E-state index contributed by atoms with van der Waals surface area (Å²) in [5.74, 6) is -1.38. The maximum absolute atomic E-state index is 11.4. The highest BCUT2D eigenvalue weighted by Gasteiger charge is 2.07.